The molecule has 0 aromatic heterocycles. The number of ether oxygens (including phenoxy) is 1. The lowest BCUT2D eigenvalue weighted by atomic mass is 10.0. The number of para-hydroxylation sites is 1. The second kappa shape index (κ2) is 8.73. The highest BCUT2D eigenvalue weighted by Crippen LogP contribution is 2.22. The molecule has 3 aromatic rings. The Morgan fingerprint density at radius 1 is 0.778 bits per heavy atom. The fraction of sp³-hybridized carbons (Fsp3) is 0.182. The molecular weight excluding hydrogens is 360 g/mol. The SMILES string of the molecule is CS(=O)(=O)Oc1ccc(CCOc2ccccc2Cc2ccccc2)cc1. The topological polar surface area (TPSA) is 52.6 Å². The molecule has 0 unspecified atom stereocenters. The highest BCUT2D eigenvalue weighted by atomic mass is 32.2. The summed E-state index contributed by atoms with van der Waals surface area (Å²) in [6.07, 6.45) is 2.58. The molecule has 3 aromatic carbocycles. The Hall–Kier alpha value is -2.79. The summed E-state index contributed by atoms with van der Waals surface area (Å²) >= 11 is 0. The van der Waals surface area contributed by atoms with Gasteiger partial charge in [-0.05, 0) is 34.9 Å². The van der Waals surface area contributed by atoms with Crippen LogP contribution in [0.15, 0.2) is 78.9 Å². The van der Waals surface area contributed by atoms with Crippen molar-refractivity contribution in [2.24, 2.45) is 0 Å². The van der Waals surface area contributed by atoms with Crippen LogP contribution in [0.3, 0.4) is 0 Å². The average molecular weight is 382 g/mol. The molecular formula is C22H22O4S. The zero-order valence-electron chi connectivity index (χ0n) is 15.2. The van der Waals surface area contributed by atoms with Gasteiger partial charge in [-0.1, -0.05) is 60.7 Å². The van der Waals surface area contributed by atoms with Crippen LogP contribution in [0, 0.1) is 0 Å². The summed E-state index contributed by atoms with van der Waals surface area (Å²) < 4.78 is 33.1. The van der Waals surface area contributed by atoms with E-state index in [1.165, 1.54) is 5.56 Å². The van der Waals surface area contributed by atoms with Crippen molar-refractivity contribution in [2.75, 3.05) is 12.9 Å². The first-order valence-electron chi connectivity index (χ1n) is 8.73. The van der Waals surface area contributed by atoms with E-state index in [0.717, 1.165) is 36.0 Å². The molecule has 140 valence electrons. The third-order valence-electron chi connectivity index (χ3n) is 4.03. The van der Waals surface area contributed by atoms with Crippen molar-refractivity contribution >= 4 is 10.1 Å². The smallest absolute Gasteiger partial charge is 0.306 e. The summed E-state index contributed by atoms with van der Waals surface area (Å²) in [6.45, 7) is 0.540. The second-order valence-electron chi connectivity index (χ2n) is 6.30. The lowest BCUT2D eigenvalue weighted by molar-refractivity contribution is 0.319. The van der Waals surface area contributed by atoms with Crippen LogP contribution in [0.4, 0.5) is 0 Å². The molecule has 3 rings (SSSR count). The standard InChI is InChI=1S/C22H22O4S/c1-27(23,24)26-21-13-11-18(12-14-21)15-16-25-22-10-6-5-9-20(22)17-19-7-3-2-4-8-19/h2-14H,15-17H2,1H3. The van der Waals surface area contributed by atoms with Crippen molar-refractivity contribution in [2.45, 2.75) is 12.8 Å². The summed E-state index contributed by atoms with van der Waals surface area (Å²) in [5.41, 5.74) is 3.45. The molecule has 0 aliphatic rings. The van der Waals surface area contributed by atoms with Crippen LogP contribution in [0.5, 0.6) is 11.5 Å². The normalized spacial score (nSPS) is 11.1. The summed E-state index contributed by atoms with van der Waals surface area (Å²) in [5, 5.41) is 0. The molecule has 0 saturated carbocycles. The van der Waals surface area contributed by atoms with Gasteiger partial charge in [-0.3, -0.25) is 0 Å². The lowest BCUT2D eigenvalue weighted by Crippen LogP contribution is -2.06. The van der Waals surface area contributed by atoms with E-state index in [1.807, 2.05) is 48.5 Å². The van der Waals surface area contributed by atoms with Crippen LogP contribution in [0.2, 0.25) is 0 Å². The summed E-state index contributed by atoms with van der Waals surface area (Å²) in [4.78, 5) is 0. The summed E-state index contributed by atoms with van der Waals surface area (Å²) in [6, 6.07) is 25.4. The highest BCUT2D eigenvalue weighted by molar-refractivity contribution is 7.86. The summed E-state index contributed by atoms with van der Waals surface area (Å²) in [5.74, 6) is 1.20. The molecule has 0 saturated heterocycles. The molecule has 0 N–H and O–H groups in total. The zero-order valence-corrected chi connectivity index (χ0v) is 16.0. The van der Waals surface area contributed by atoms with Gasteiger partial charge in [0.15, 0.2) is 0 Å². The Labute approximate surface area is 160 Å². The first-order valence-corrected chi connectivity index (χ1v) is 10.5. The molecule has 0 fully saturated rings. The quantitative estimate of drug-likeness (QED) is 0.547. The summed E-state index contributed by atoms with van der Waals surface area (Å²) in [7, 11) is -3.50. The third-order valence-corrected chi connectivity index (χ3v) is 4.52. The van der Waals surface area contributed by atoms with Crippen LogP contribution >= 0.6 is 0 Å². The fourth-order valence-corrected chi connectivity index (χ4v) is 3.23. The predicted molar refractivity (Wildman–Crippen MR) is 107 cm³/mol. The monoisotopic (exact) mass is 382 g/mol. The lowest BCUT2D eigenvalue weighted by Gasteiger charge is -2.12. The van der Waals surface area contributed by atoms with Crippen molar-refractivity contribution in [3.8, 4) is 11.5 Å². The van der Waals surface area contributed by atoms with E-state index in [9.17, 15) is 8.42 Å². The Morgan fingerprint density at radius 2 is 1.44 bits per heavy atom. The van der Waals surface area contributed by atoms with Gasteiger partial charge in [-0.15, -0.1) is 0 Å². The molecule has 0 aliphatic heterocycles. The van der Waals surface area contributed by atoms with Gasteiger partial charge in [0.2, 0.25) is 0 Å². The van der Waals surface area contributed by atoms with Gasteiger partial charge in [0.1, 0.15) is 11.5 Å². The van der Waals surface area contributed by atoms with Crippen molar-refractivity contribution in [1.29, 1.82) is 0 Å². The van der Waals surface area contributed by atoms with E-state index in [2.05, 4.69) is 18.2 Å². The molecule has 0 atom stereocenters. The molecule has 0 radical (unpaired) electrons. The first-order chi connectivity index (χ1) is 13.0. The van der Waals surface area contributed by atoms with E-state index >= 15 is 0 Å². The third kappa shape index (κ3) is 6.15. The molecule has 0 bridgehead atoms. The van der Waals surface area contributed by atoms with E-state index in [1.54, 1.807) is 12.1 Å². The van der Waals surface area contributed by atoms with E-state index in [-0.39, 0.29) is 0 Å². The molecule has 0 heterocycles. The van der Waals surface area contributed by atoms with Gasteiger partial charge in [-0.25, -0.2) is 0 Å². The van der Waals surface area contributed by atoms with Crippen molar-refractivity contribution < 1.29 is 17.3 Å². The van der Waals surface area contributed by atoms with E-state index < -0.39 is 10.1 Å². The van der Waals surface area contributed by atoms with Gasteiger partial charge in [0, 0.05) is 12.8 Å². The molecule has 27 heavy (non-hydrogen) atoms. The first kappa shape index (κ1) is 19.0. The molecule has 0 aliphatic carbocycles. The number of hydrogen-bond acceptors (Lipinski definition) is 4. The highest BCUT2D eigenvalue weighted by Gasteiger charge is 2.06. The van der Waals surface area contributed by atoms with Crippen LogP contribution in [0.1, 0.15) is 16.7 Å². The molecule has 4 nitrogen and oxygen atoms in total. The molecule has 0 spiro atoms. The largest absolute Gasteiger partial charge is 0.493 e. The van der Waals surface area contributed by atoms with Gasteiger partial charge < -0.3 is 8.92 Å². The number of rotatable bonds is 8. The maximum absolute atomic E-state index is 11.1. The number of hydrogen-bond donors (Lipinski definition) is 0. The van der Waals surface area contributed by atoms with Crippen LogP contribution in [-0.2, 0) is 23.0 Å². The minimum atomic E-state index is -3.50. The molecule has 0 amide bonds. The zero-order chi connectivity index (χ0) is 19.1. The number of benzene rings is 3. The average Bonchev–Trinajstić information content (AvgIpc) is 2.64. The Balaban J connectivity index is 1.58. The fourth-order valence-electron chi connectivity index (χ4n) is 2.77. The van der Waals surface area contributed by atoms with E-state index in [0.29, 0.717) is 12.4 Å². The minimum absolute atomic E-state index is 0.315. The van der Waals surface area contributed by atoms with Gasteiger partial charge in [0.25, 0.3) is 0 Å². The maximum Gasteiger partial charge on any atom is 0.306 e. The second-order valence-corrected chi connectivity index (χ2v) is 7.87. The Morgan fingerprint density at radius 3 is 2.15 bits per heavy atom. The molecule has 5 heteroatoms. The Bertz CT molecular complexity index is 965. The van der Waals surface area contributed by atoms with Gasteiger partial charge >= 0.3 is 10.1 Å². The van der Waals surface area contributed by atoms with Crippen molar-refractivity contribution in [3.63, 3.8) is 0 Å². The van der Waals surface area contributed by atoms with Crippen LogP contribution < -0.4 is 8.92 Å². The van der Waals surface area contributed by atoms with Crippen molar-refractivity contribution in [3.05, 3.63) is 95.6 Å². The van der Waals surface area contributed by atoms with Crippen LogP contribution in [0.25, 0.3) is 0 Å². The maximum atomic E-state index is 11.1. The predicted octanol–water partition coefficient (Wildman–Crippen LogP) is 4.24. The van der Waals surface area contributed by atoms with Crippen molar-refractivity contribution in [1.82, 2.24) is 0 Å². The van der Waals surface area contributed by atoms with E-state index in [4.69, 9.17) is 8.92 Å². The Kier molecular flexibility index (Phi) is 6.14. The van der Waals surface area contributed by atoms with Gasteiger partial charge in [0.05, 0.1) is 12.9 Å². The minimum Gasteiger partial charge on any atom is -0.493 e. The van der Waals surface area contributed by atoms with Crippen LogP contribution in [-0.4, -0.2) is 21.3 Å². The van der Waals surface area contributed by atoms with Gasteiger partial charge in [-0.2, -0.15) is 8.42 Å².